The monoisotopic (exact) mass is 457 g/mol. The molecule has 1 aliphatic heterocycles. The van der Waals surface area contributed by atoms with E-state index in [1.165, 1.54) is 21.8 Å². The van der Waals surface area contributed by atoms with E-state index in [2.05, 4.69) is 91.0 Å². The van der Waals surface area contributed by atoms with Crippen molar-refractivity contribution in [3.05, 3.63) is 70.7 Å². The molecule has 0 aliphatic carbocycles. The fourth-order valence-electron chi connectivity index (χ4n) is 4.74. The molecule has 0 fully saturated rings. The van der Waals surface area contributed by atoms with Crippen molar-refractivity contribution < 1.29 is 9.84 Å². The van der Waals surface area contributed by atoms with Crippen LogP contribution in [0.15, 0.2) is 53.9 Å². The zero-order valence-corrected chi connectivity index (χ0v) is 20.3. The Kier molecular flexibility index (Phi) is 6.11. The molecule has 0 radical (unpaired) electrons. The average Bonchev–Trinajstić information content (AvgIpc) is 3.37. The molecule has 0 spiro atoms. The van der Waals surface area contributed by atoms with Gasteiger partial charge >= 0.3 is 0 Å². The number of ether oxygens (including phenoxy) is 1. The number of nitrogens with zero attached hydrogens (tertiary/aromatic N) is 3. The summed E-state index contributed by atoms with van der Waals surface area (Å²) in [4.78, 5) is 0. The number of allylic oxidation sites excluding steroid dienone is 1. The van der Waals surface area contributed by atoms with Gasteiger partial charge in [0.2, 0.25) is 11.8 Å². The minimum Gasteiger partial charge on any atom is -0.420 e. The molecule has 5 rings (SSSR count). The van der Waals surface area contributed by atoms with Crippen LogP contribution in [0.2, 0.25) is 0 Å². The molecule has 176 valence electrons. The van der Waals surface area contributed by atoms with Crippen LogP contribution >= 0.6 is 0 Å². The number of nitrogens with one attached hydrogen (secondary N) is 1. The highest BCUT2D eigenvalue weighted by atomic mass is 16.5. The van der Waals surface area contributed by atoms with Gasteiger partial charge in [0.05, 0.1) is 11.5 Å². The third kappa shape index (κ3) is 3.70. The summed E-state index contributed by atoms with van der Waals surface area (Å²) in [6.07, 6.45) is 0. The summed E-state index contributed by atoms with van der Waals surface area (Å²) in [6, 6.07) is 17.2. The Morgan fingerprint density at radius 3 is 2.47 bits per heavy atom. The highest BCUT2D eigenvalue weighted by Crippen LogP contribution is 2.46. The van der Waals surface area contributed by atoms with Gasteiger partial charge in [-0.25, -0.2) is 0 Å². The first-order valence-corrected chi connectivity index (χ1v) is 11.5. The topological polar surface area (TPSA) is 113 Å². The summed E-state index contributed by atoms with van der Waals surface area (Å²) in [6.45, 7) is 11.3. The second-order valence-electron chi connectivity index (χ2n) is 9.35. The van der Waals surface area contributed by atoms with Crippen molar-refractivity contribution in [2.45, 2.75) is 52.5 Å². The number of H-pyrrole nitrogens is 1. The molecule has 0 bridgehead atoms. The number of nitrogens with two attached hydrogens (primary N) is 1. The van der Waals surface area contributed by atoms with Crippen LogP contribution < -0.4 is 10.5 Å². The van der Waals surface area contributed by atoms with Crippen molar-refractivity contribution in [1.82, 2.24) is 14.8 Å². The number of hydrogen-bond donors (Lipinski definition) is 3. The average molecular weight is 458 g/mol. The molecule has 0 amide bonds. The third-order valence-corrected chi connectivity index (χ3v) is 6.13. The number of aryl methyl sites for hydroxylation is 1. The van der Waals surface area contributed by atoms with Crippen LogP contribution in [0, 0.1) is 11.3 Å². The Morgan fingerprint density at radius 2 is 1.82 bits per heavy atom. The van der Waals surface area contributed by atoms with E-state index in [9.17, 15) is 5.26 Å². The lowest BCUT2D eigenvalue weighted by Gasteiger charge is -2.27. The molecule has 7 nitrogen and oxygen atoms in total. The molecule has 3 heterocycles. The summed E-state index contributed by atoms with van der Waals surface area (Å²) in [5, 5.41) is 27.4. The fourth-order valence-corrected chi connectivity index (χ4v) is 4.74. The summed E-state index contributed by atoms with van der Waals surface area (Å²) >= 11 is 0. The van der Waals surface area contributed by atoms with E-state index < -0.39 is 0 Å². The first-order chi connectivity index (χ1) is 16.3. The van der Waals surface area contributed by atoms with Gasteiger partial charge in [-0.3, -0.25) is 5.10 Å². The highest BCUT2D eigenvalue weighted by molar-refractivity contribution is 6.08. The van der Waals surface area contributed by atoms with E-state index >= 15 is 0 Å². The predicted octanol–water partition coefficient (Wildman–Crippen LogP) is 5.05. The Hall–Kier alpha value is -3.76. The third-order valence-electron chi connectivity index (χ3n) is 6.13. The zero-order chi connectivity index (χ0) is 24.6. The molecule has 34 heavy (non-hydrogen) atoms. The van der Waals surface area contributed by atoms with Crippen molar-refractivity contribution in [3.63, 3.8) is 0 Å². The van der Waals surface area contributed by atoms with E-state index in [1.807, 2.05) is 0 Å². The van der Waals surface area contributed by atoms with E-state index in [0.717, 1.165) is 23.4 Å². The molecule has 0 saturated heterocycles. The van der Waals surface area contributed by atoms with Crippen LogP contribution in [0.3, 0.4) is 0 Å². The molecule has 2 aromatic carbocycles. The quantitative estimate of drug-likeness (QED) is 0.390. The maximum atomic E-state index is 9.97. The number of hydrogen-bond acceptors (Lipinski definition) is 5. The van der Waals surface area contributed by atoms with Gasteiger partial charge < -0.3 is 20.1 Å². The summed E-state index contributed by atoms with van der Waals surface area (Å²) in [7, 11) is 0. The van der Waals surface area contributed by atoms with Crippen molar-refractivity contribution >= 4 is 21.8 Å². The fraction of sp³-hybridized carbons (Fsp3) is 0.333. The molecular weight excluding hydrogens is 426 g/mol. The van der Waals surface area contributed by atoms with E-state index in [0.29, 0.717) is 11.5 Å². The maximum Gasteiger partial charge on any atom is 0.244 e. The van der Waals surface area contributed by atoms with Gasteiger partial charge in [-0.15, -0.1) is 5.10 Å². The van der Waals surface area contributed by atoms with Crippen molar-refractivity contribution in [2.75, 3.05) is 6.61 Å². The Labute approximate surface area is 199 Å². The Bertz CT molecular complexity index is 1430. The smallest absolute Gasteiger partial charge is 0.244 e. The van der Waals surface area contributed by atoms with Gasteiger partial charge in [-0.05, 0) is 37.6 Å². The van der Waals surface area contributed by atoms with Crippen molar-refractivity contribution in [1.29, 1.82) is 5.26 Å². The Morgan fingerprint density at radius 1 is 1.15 bits per heavy atom. The lowest BCUT2D eigenvalue weighted by atomic mass is 9.78. The maximum absolute atomic E-state index is 9.97. The number of fused-ring (bicyclic) bond motifs is 4. The molecule has 4 N–H and O–H groups in total. The second-order valence-corrected chi connectivity index (χ2v) is 9.35. The SMILES string of the molecule is CCO.CCn1c2ccccc2c2cc(C3C(C#N)=C(N)Oc4n[nH]c(C(C)(C)C)c43)ccc21. The lowest BCUT2D eigenvalue weighted by molar-refractivity contribution is 0.318. The van der Waals surface area contributed by atoms with Gasteiger partial charge in [0.15, 0.2) is 0 Å². The first kappa shape index (κ1) is 23.4. The van der Waals surface area contributed by atoms with Gasteiger partial charge in [0.25, 0.3) is 0 Å². The van der Waals surface area contributed by atoms with E-state index in [4.69, 9.17) is 15.6 Å². The summed E-state index contributed by atoms with van der Waals surface area (Å²) in [5.41, 5.74) is 11.6. The van der Waals surface area contributed by atoms with Gasteiger partial charge in [-0.2, -0.15) is 5.26 Å². The zero-order valence-electron chi connectivity index (χ0n) is 20.3. The number of aromatic amines is 1. The number of benzene rings is 2. The molecule has 1 unspecified atom stereocenters. The number of aliphatic hydroxyl groups excluding tert-OH is 1. The highest BCUT2D eigenvalue weighted by Gasteiger charge is 2.38. The second kappa shape index (κ2) is 8.88. The van der Waals surface area contributed by atoms with Crippen molar-refractivity contribution in [3.8, 4) is 11.9 Å². The number of para-hydroxylation sites is 1. The lowest BCUT2D eigenvalue weighted by Crippen LogP contribution is -2.23. The van der Waals surface area contributed by atoms with Crippen LogP contribution in [0.5, 0.6) is 5.88 Å². The molecule has 2 aromatic heterocycles. The number of aliphatic hydroxyl groups is 1. The van der Waals surface area contributed by atoms with Crippen LogP contribution in [0.1, 0.15) is 57.4 Å². The predicted molar refractivity (Wildman–Crippen MR) is 134 cm³/mol. The largest absolute Gasteiger partial charge is 0.420 e. The van der Waals surface area contributed by atoms with Crippen LogP contribution in [0.25, 0.3) is 21.8 Å². The summed E-state index contributed by atoms with van der Waals surface area (Å²) < 4.78 is 8.05. The van der Waals surface area contributed by atoms with Crippen LogP contribution in [-0.2, 0) is 12.0 Å². The molecular formula is C27H31N5O2. The van der Waals surface area contributed by atoms with Crippen LogP contribution in [-0.4, -0.2) is 26.5 Å². The normalized spacial score (nSPS) is 15.5. The molecule has 4 aromatic rings. The van der Waals surface area contributed by atoms with Gasteiger partial charge in [0, 0.05) is 46.1 Å². The van der Waals surface area contributed by atoms with Crippen molar-refractivity contribution in [2.24, 2.45) is 5.73 Å². The minimum absolute atomic E-state index is 0.114. The number of nitriles is 1. The standard InChI is InChI=1S/C25H25N5O.C2H6O/c1-5-30-18-9-7-6-8-15(18)16-12-14(10-11-19(16)30)20-17(13-26)23(27)31-24-21(20)22(28-29-24)25(2,3)4;1-2-3/h6-12,20H,5,27H2,1-4H3,(H,28,29);3H,2H2,1H3. The van der Waals surface area contributed by atoms with Crippen LogP contribution in [0.4, 0.5) is 0 Å². The number of rotatable bonds is 2. The number of aromatic nitrogens is 3. The van der Waals surface area contributed by atoms with Gasteiger partial charge in [0.1, 0.15) is 11.6 Å². The first-order valence-electron chi connectivity index (χ1n) is 11.5. The molecule has 1 aliphatic rings. The van der Waals surface area contributed by atoms with E-state index in [1.54, 1.807) is 6.92 Å². The summed E-state index contributed by atoms with van der Waals surface area (Å²) in [5.74, 6) is 0.223. The molecule has 0 saturated carbocycles. The molecule has 7 heteroatoms. The molecule has 1 atom stereocenters. The van der Waals surface area contributed by atoms with E-state index in [-0.39, 0.29) is 23.8 Å². The minimum atomic E-state index is -0.338. The van der Waals surface area contributed by atoms with Gasteiger partial charge in [-0.1, -0.05) is 45.0 Å². The Balaban J connectivity index is 0.000000868.